The first-order chi connectivity index (χ1) is 7.24. The van der Waals surface area contributed by atoms with Crippen molar-refractivity contribution in [1.29, 1.82) is 0 Å². The predicted molar refractivity (Wildman–Crippen MR) is 56.9 cm³/mol. The van der Waals surface area contributed by atoms with Gasteiger partial charge in [0, 0.05) is 13.1 Å². The Kier molecular flexibility index (Phi) is 3.34. The monoisotopic (exact) mass is 209 g/mol. The summed E-state index contributed by atoms with van der Waals surface area (Å²) in [6, 6.07) is 6.57. The number of halogens is 1. The van der Waals surface area contributed by atoms with E-state index in [0.717, 1.165) is 38.0 Å². The van der Waals surface area contributed by atoms with Crippen LogP contribution in [0, 0.1) is 5.82 Å². The molecule has 1 heterocycles. The van der Waals surface area contributed by atoms with Gasteiger partial charge in [-0.3, -0.25) is 4.90 Å². The number of aliphatic hydroxyl groups excluding tert-OH is 1. The van der Waals surface area contributed by atoms with Gasteiger partial charge < -0.3 is 5.11 Å². The third-order valence-corrected chi connectivity index (χ3v) is 2.80. The van der Waals surface area contributed by atoms with Gasteiger partial charge in [-0.05, 0) is 37.1 Å². The van der Waals surface area contributed by atoms with E-state index >= 15 is 0 Å². The highest BCUT2D eigenvalue weighted by atomic mass is 19.1. The molecule has 0 aliphatic carbocycles. The minimum Gasteiger partial charge on any atom is -0.392 e. The predicted octanol–water partition coefficient (Wildman–Crippen LogP) is 1.78. The molecular weight excluding hydrogens is 193 g/mol. The summed E-state index contributed by atoms with van der Waals surface area (Å²) in [5.41, 5.74) is 1.10. The summed E-state index contributed by atoms with van der Waals surface area (Å²) in [5, 5.41) is 9.50. The van der Waals surface area contributed by atoms with Gasteiger partial charge in [0.15, 0.2) is 0 Å². The second-order valence-corrected chi connectivity index (χ2v) is 4.16. The Hall–Kier alpha value is -0.930. The summed E-state index contributed by atoms with van der Waals surface area (Å²) < 4.78 is 12.7. The molecule has 1 aliphatic heterocycles. The van der Waals surface area contributed by atoms with Crippen LogP contribution in [-0.2, 0) is 6.54 Å². The third-order valence-electron chi connectivity index (χ3n) is 2.80. The van der Waals surface area contributed by atoms with E-state index in [1.807, 2.05) is 0 Å². The summed E-state index contributed by atoms with van der Waals surface area (Å²) in [6.45, 7) is 2.56. The highest BCUT2D eigenvalue weighted by molar-refractivity contribution is 5.15. The maximum absolute atomic E-state index is 12.7. The first-order valence-electron chi connectivity index (χ1n) is 5.39. The number of nitrogens with zero attached hydrogens (tertiary/aromatic N) is 1. The van der Waals surface area contributed by atoms with E-state index in [1.54, 1.807) is 12.1 Å². The number of hydrogen-bond donors (Lipinski definition) is 1. The quantitative estimate of drug-likeness (QED) is 0.802. The van der Waals surface area contributed by atoms with Crippen LogP contribution in [0.15, 0.2) is 24.3 Å². The molecule has 1 saturated heterocycles. The molecule has 1 fully saturated rings. The second kappa shape index (κ2) is 4.73. The molecule has 2 nitrogen and oxygen atoms in total. The van der Waals surface area contributed by atoms with Crippen molar-refractivity contribution in [1.82, 2.24) is 4.90 Å². The summed E-state index contributed by atoms with van der Waals surface area (Å²) in [6.07, 6.45) is 1.75. The van der Waals surface area contributed by atoms with Crippen molar-refractivity contribution < 1.29 is 9.50 Å². The second-order valence-electron chi connectivity index (χ2n) is 4.16. The lowest BCUT2D eigenvalue weighted by atomic mass is 10.1. The van der Waals surface area contributed by atoms with E-state index in [4.69, 9.17) is 0 Å². The maximum atomic E-state index is 12.7. The standard InChI is InChI=1S/C12H16FNO/c13-11-5-3-10(4-6-11)8-14-7-1-2-12(15)9-14/h3-6,12,15H,1-2,7-9H2. The SMILES string of the molecule is OC1CCCN(Cc2ccc(F)cc2)C1. The zero-order chi connectivity index (χ0) is 10.7. The lowest BCUT2D eigenvalue weighted by Crippen LogP contribution is -2.37. The molecule has 1 aromatic carbocycles. The van der Waals surface area contributed by atoms with E-state index in [-0.39, 0.29) is 11.9 Å². The van der Waals surface area contributed by atoms with Crippen LogP contribution in [0.5, 0.6) is 0 Å². The van der Waals surface area contributed by atoms with Crippen LogP contribution in [0.1, 0.15) is 18.4 Å². The molecule has 0 radical (unpaired) electrons. The van der Waals surface area contributed by atoms with Crippen LogP contribution in [0.3, 0.4) is 0 Å². The lowest BCUT2D eigenvalue weighted by Gasteiger charge is -2.29. The van der Waals surface area contributed by atoms with Gasteiger partial charge in [-0.25, -0.2) is 4.39 Å². The summed E-state index contributed by atoms with van der Waals surface area (Å²) in [5.74, 6) is -0.197. The van der Waals surface area contributed by atoms with E-state index in [9.17, 15) is 9.50 Å². The number of hydrogen-bond acceptors (Lipinski definition) is 2. The Bertz CT molecular complexity index is 312. The number of piperidine rings is 1. The Morgan fingerprint density at radius 2 is 2.07 bits per heavy atom. The first kappa shape index (κ1) is 10.6. The molecule has 3 heteroatoms. The van der Waals surface area contributed by atoms with Crippen molar-refractivity contribution in [2.45, 2.75) is 25.5 Å². The molecular formula is C12H16FNO. The molecule has 1 unspecified atom stereocenters. The molecule has 1 atom stereocenters. The van der Waals surface area contributed by atoms with Crippen molar-refractivity contribution >= 4 is 0 Å². The normalized spacial score (nSPS) is 22.9. The van der Waals surface area contributed by atoms with E-state index in [1.165, 1.54) is 12.1 Å². The van der Waals surface area contributed by atoms with Crippen molar-refractivity contribution in [2.75, 3.05) is 13.1 Å². The third kappa shape index (κ3) is 3.01. The van der Waals surface area contributed by atoms with Crippen LogP contribution >= 0.6 is 0 Å². The van der Waals surface area contributed by atoms with Gasteiger partial charge in [0.1, 0.15) is 5.82 Å². The Labute approximate surface area is 89.3 Å². The number of benzene rings is 1. The van der Waals surface area contributed by atoms with E-state index in [0.29, 0.717) is 0 Å². The summed E-state index contributed by atoms with van der Waals surface area (Å²) in [7, 11) is 0. The summed E-state index contributed by atoms with van der Waals surface area (Å²) in [4.78, 5) is 2.21. The molecule has 0 saturated carbocycles. The van der Waals surface area contributed by atoms with Gasteiger partial charge in [0.05, 0.1) is 6.10 Å². The van der Waals surface area contributed by atoms with Crippen molar-refractivity contribution in [2.24, 2.45) is 0 Å². The molecule has 0 aromatic heterocycles. The van der Waals surface area contributed by atoms with E-state index in [2.05, 4.69) is 4.90 Å². The van der Waals surface area contributed by atoms with Gasteiger partial charge in [0.25, 0.3) is 0 Å². The van der Waals surface area contributed by atoms with Crippen LogP contribution in [0.25, 0.3) is 0 Å². The van der Waals surface area contributed by atoms with Crippen LogP contribution < -0.4 is 0 Å². The molecule has 0 bridgehead atoms. The Morgan fingerprint density at radius 1 is 1.33 bits per heavy atom. The zero-order valence-electron chi connectivity index (χ0n) is 8.69. The minimum atomic E-state index is -0.197. The summed E-state index contributed by atoms with van der Waals surface area (Å²) >= 11 is 0. The van der Waals surface area contributed by atoms with Gasteiger partial charge in [-0.15, -0.1) is 0 Å². The average molecular weight is 209 g/mol. The fourth-order valence-corrected chi connectivity index (χ4v) is 2.02. The van der Waals surface area contributed by atoms with Crippen molar-refractivity contribution in [3.63, 3.8) is 0 Å². The van der Waals surface area contributed by atoms with Crippen LogP contribution in [-0.4, -0.2) is 29.2 Å². The van der Waals surface area contributed by atoms with Crippen molar-refractivity contribution in [3.8, 4) is 0 Å². The molecule has 2 rings (SSSR count). The molecule has 1 aromatic rings. The highest BCUT2D eigenvalue weighted by Crippen LogP contribution is 2.13. The number of β-amino-alcohol motifs (C(OH)–C–C–N with tert-alkyl or cyclic N) is 1. The maximum Gasteiger partial charge on any atom is 0.123 e. The smallest absolute Gasteiger partial charge is 0.123 e. The van der Waals surface area contributed by atoms with E-state index < -0.39 is 0 Å². The number of rotatable bonds is 2. The largest absolute Gasteiger partial charge is 0.392 e. The van der Waals surface area contributed by atoms with Crippen LogP contribution in [0.2, 0.25) is 0 Å². The topological polar surface area (TPSA) is 23.5 Å². The zero-order valence-corrected chi connectivity index (χ0v) is 8.69. The molecule has 1 aliphatic rings. The number of aliphatic hydroxyl groups is 1. The fraction of sp³-hybridized carbons (Fsp3) is 0.500. The minimum absolute atomic E-state index is 0.195. The molecule has 15 heavy (non-hydrogen) atoms. The molecule has 1 N–H and O–H groups in total. The fourth-order valence-electron chi connectivity index (χ4n) is 2.02. The Morgan fingerprint density at radius 3 is 2.73 bits per heavy atom. The molecule has 0 amide bonds. The number of likely N-dealkylation sites (tertiary alicyclic amines) is 1. The van der Waals surface area contributed by atoms with Gasteiger partial charge in [-0.2, -0.15) is 0 Å². The molecule has 82 valence electrons. The average Bonchev–Trinajstić information content (AvgIpc) is 2.22. The first-order valence-corrected chi connectivity index (χ1v) is 5.39. The van der Waals surface area contributed by atoms with Gasteiger partial charge >= 0.3 is 0 Å². The van der Waals surface area contributed by atoms with Crippen molar-refractivity contribution in [3.05, 3.63) is 35.6 Å². The van der Waals surface area contributed by atoms with Gasteiger partial charge in [-0.1, -0.05) is 12.1 Å². The van der Waals surface area contributed by atoms with Gasteiger partial charge in [0.2, 0.25) is 0 Å². The highest BCUT2D eigenvalue weighted by Gasteiger charge is 2.17. The Balaban J connectivity index is 1.93. The lowest BCUT2D eigenvalue weighted by molar-refractivity contribution is 0.0668. The van der Waals surface area contributed by atoms with Crippen LogP contribution in [0.4, 0.5) is 4.39 Å². The molecule has 0 spiro atoms.